The van der Waals surface area contributed by atoms with E-state index in [2.05, 4.69) is 0 Å². The first kappa shape index (κ1) is 23.8. The number of hydrogen-bond acceptors (Lipinski definition) is 9. The summed E-state index contributed by atoms with van der Waals surface area (Å²) in [7, 11) is 1.43. The van der Waals surface area contributed by atoms with Crippen molar-refractivity contribution in [1.82, 2.24) is 4.90 Å². The highest BCUT2D eigenvalue weighted by molar-refractivity contribution is 8.18. The number of rotatable bonds is 9. The molecule has 0 aliphatic carbocycles. The molecule has 1 heterocycles. The molecule has 33 heavy (non-hydrogen) atoms. The number of thioether (sulfide) groups is 1. The normalized spacial score (nSPS) is 14.5. The van der Waals surface area contributed by atoms with Gasteiger partial charge in [0.05, 0.1) is 29.1 Å². The Bertz CT molecular complexity index is 1130. The lowest BCUT2D eigenvalue weighted by Gasteiger charge is -2.12. The summed E-state index contributed by atoms with van der Waals surface area (Å²) in [5.41, 5.74) is 0.919. The second-order valence-electron chi connectivity index (χ2n) is 6.66. The minimum absolute atomic E-state index is 0.0421. The summed E-state index contributed by atoms with van der Waals surface area (Å²) in [5.74, 6) is -0.562. The van der Waals surface area contributed by atoms with Gasteiger partial charge in [-0.3, -0.25) is 29.4 Å². The molecule has 0 saturated carbocycles. The molecule has 1 aliphatic rings. The van der Waals surface area contributed by atoms with Crippen LogP contribution in [-0.4, -0.2) is 47.2 Å². The first-order chi connectivity index (χ1) is 15.8. The summed E-state index contributed by atoms with van der Waals surface area (Å²) >= 11 is 0.721. The molecule has 1 fully saturated rings. The van der Waals surface area contributed by atoms with Crippen molar-refractivity contribution in [3.8, 4) is 11.5 Å². The number of hydrogen-bond donors (Lipinski definition) is 0. The topological polar surface area (TPSA) is 125 Å². The smallest absolute Gasteiger partial charge is 0.326 e. The summed E-state index contributed by atoms with van der Waals surface area (Å²) in [4.78, 5) is 48.0. The zero-order valence-corrected chi connectivity index (χ0v) is 18.6. The summed E-state index contributed by atoms with van der Waals surface area (Å²) in [6.07, 6.45) is 1.50. The predicted octanol–water partition coefficient (Wildman–Crippen LogP) is 3.78. The third-order valence-electron chi connectivity index (χ3n) is 4.52. The molecular formula is C22H20N2O8S. The fourth-order valence-electron chi connectivity index (χ4n) is 2.98. The average Bonchev–Trinajstić information content (AvgIpc) is 3.05. The molecule has 11 heteroatoms. The lowest BCUT2D eigenvalue weighted by atomic mass is 10.1. The molecule has 0 atom stereocenters. The van der Waals surface area contributed by atoms with Gasteiger partial charge in [0.25, 0.3) is 16.8 Å². The highest BCUT2D eigenvalue weighted by Gasteiger charge is 2.36. The van der Waals surface area contributed by atoms with Crippen LogP contribution in [0.15, 0.2) is 47.4 Å². The van der Waals surface area contributed by atoms with Crippen molar-refractivity contribution < 1.29 is 33.5 Å². The minimum Gasteiger partial charge on any atom is -0.493 e. The van der Waals surface area contributed by atoms with E-state index in [4.69, 9.17) is 14.2 Å². The average molecular weight is 472 g/mol. The number of benzene rings is 2. The van der Waals surface area contributed by atoms with Gasteiger partial charge in [-0.05, 0) is 48.5 Å². The Kier molecular flexibility index (Phi) is 7.67. The number of methoxy groups -OCH3 is 1. The van der Waals surface area contributed by atoms with Crippen LogP contribution in [0.1, 0.15) is 18.1 Å². The molecule has 3 rings (SSSR count). The molecule has 0 N–H and O–H groups in total. The lowest BCUT2D eigenvalue weighted by Crippen LogP contribution is -2.34. The Morgan fingerprint density at radius 2 is 1.94 bits per heavy atom. The maximum absolute atomic E-state index is 12.5. The number of amides is 2. The molecule has 0 aromatic heterocycles. The predicted molar refractivity (Wildman–Crippen MR) is 120 cm³/mol. The molecule has 2 amide bonds. The van der Waals surface area contributed by atoms with Crippen LogP contribution in [0.2, 0.25) is 0 Å². The van der Waals surface area contributed by atoms with E-state index < -0.39 is 28.6 Å². The van der Waals surface area contributed by atoms with E-state index in [-0.39, 0.29) is 23.8 Å². The van der Waals surface area contributed by atoms with Crippen LogP contribution in [0, 0.1) is 10.1 Å². The van der Waals surface area contributed by atoms with E-state index in [1.54, 1.807) is 43.3 Å². The summed E-state index contributed by atoms with van der Waals surface area (Å²) < 4.78 is 15.9. The number of nitro benzene ring substituents is 1. The van der Waals surface area contributed by atoms with Crippen LogP contribution in [0.3, 0.4) is 0 Å². The van der Waals surface area contributed by atoms with Gasteiger partial charge in [0.2, 0.25) is 0 Å². The molecule has 0 radical (unpaired) electrons. The van der Waals surface area contributed by atoms with Gasteiger partial charge < -0.3 is 14.2 Å². The highest BCUT2D eigenvalue weighted by atomic mass is 32.2. The summed E-state index contributed by atoms with van der Waals surface area (Å²) in [5, 5.41) is 10.6. The fourth-order valence-corrected chi connectivity index (χ4v) is 3.82. The first-order valence-electron chi connectivity index (χ1n) is 9.78. The number of nitrogens with zero attached hydrogens (tertiary/aromatic N) is 2. The van der Waals surface area contributed by atoms with Crippen LogP contribution in [0.4, 0.5) is 10.5 Å². The van der Waals surface area contributed by atoms with Crippen LogP contribution in [0.5, 0.6) is 11.5 Å². The maximum atomic E-state index is 12.5. The Labute approximate surface area is 193 Å². The van der Waals surface area contributed by atoms with E-state index in [1.807, 2.05) is 0 Å². The molecule has 2 aromatic rings. The van der Waals surface area contributed by atoms with Crippen molar-refractivity contribution >= 4 is 40.6 Å². The van der Waals surface area contributed by atoms with Gasteiger partial charge in [-0.25, -0.2) is 0 Å². The first-order valence-corrected chi connectivity index (χ1v) is 10.6. The van der Waals surface area contributed by atoms with Crippen LogP contribution in [-0.2, 0) is 20.9 Å². The lowest BCUT2D eigenvalue weighted by molar-refractivity contribution is -0.385. The van der Waals surface area contributed by atoms with Gasteiger partial charge in [-0.1, -0.05) is 18.2 Å². The number of ether oxygens (including phenoxy) is 3. The SMILES string of the molecule is CCOC(=O)CN1C(=O)S/C(=C\c2ccc(OCc3ccccc3[N+](=O)[O-])c(OC)c2)C1=O. The Morgan fingerprint density at radius 3 is 2.64 bits per heavy atom. The molecule has 0 unspecified atom stereocenters. The van der Waals surface area contributed by atoms with Crippen molar-refractivity contribution in [2.75, 3.05) is 20.3 Å². The van der Waals surface area contributed by atoms with Crippen LogP contribution in [0.25, 0.3) is 6.08 Å². The Balaban J connectivity index is 1.75. The molecule has 0 bridgehead atoms. The standard InChI is InChI=1S/C22H20N2O8S/c1-3-31-20(25)12-23-21(26)19(33-22(23)27)11-14-8-9-17(18(10-14)30-2)32-13-15-6-4-5-7-16(15)24(28)29/h4-11H,3,12-13H2,1-2H3/b19-11-. The van der Waals surface area contributed by atoms with E-state index in [0.717, 1.165) is 16.7 Å². The molecular weight excluding hydrogens is 452 g/mol. The fraction of sp³-hybridized carbons (Fsp3) is 0.227. The Hall–Kier alpha value is -3.86. The van der Waals surface area contributed by atoms with E-state index in [1.165, 1.54) is 19.3 Å². The second-order valence-corrected chi connectivity index (χ2v) is 7.65. The minimum atomic E-state index is -0.664. The van der Waals surface area contributed by atoms with E-state index in [0.29, 0.717) is 22.6 Å². The summed E-state index contributed by atoms with van der Waals surface area (Å²) in [6.45, 7) is 1.29. The molecule has 2 aromatic carbocycles. The van der Waals surface area contributed by atoms with Crippen molar-refractivity contribution in [1.29, 1.82) is 0 Å². The quantitative estimate of drug-likeness (QED) is 0.232. The number of imide groups is 1. The summed E-state index contributed by atoms with van der Waals surface area (Å²) in [6, 6.07) is 11.1. The van der Waals surface area contributed by atoms with E-state index in [9.17, 15) is 24.5 Å². The molecule has 0 spiro atoms. The maximum Gasteiger partial charge on any atom is 0.326 e. The van der Waals surface area contributed by atoms with Crippen molar-refractivity contribution in [3.05, 3.63) is 68.6 Å². The van der Waals surface area contributed by atoms with Crippen molar-refractivity contribution in [2.24, 2.45) is 0 Å². The number of carbonyl (C=O) groups is 3. The van der Waals surface area contributed by atoms with Crippen molar-refractivity contribution in [3.63, 3.8) is 0 Å². The van der Waals surface area contributed by atoms with Crippen molar-refractivity contribution in [2.45, 2.75) is 13.5 Å². The second kappa shape index (κ2) is 10.6. The van der Waals surface area contributed by atoms with Gasteiger partial charge in [0.15, 0.2) is 11.5 Å². The number of carbonyl (C=O) groups excluding carboxylic acids is 3. The van der Waals surface area contributed by atoms with Crippen LogP contribution >= 0.6 is 11.8 Å². The van der Waals surface area contributed by atoms with Gasteiger partial charge in [0, 0.05) is 6.07 Å². The molecule has 1 aliphatic heterocycles. The van der Waals surface area contributed by atoms with Gasteiger partial charge >= 0.3 is 5.97 Å². The van der Waals surface area contributed by atoms with Gasteiger partial charge in [0.1, 0.15) is 13.2 Å². The van der Waals surface area contributed by atoms with Gasteiger partial charge in [-0.15, -0.1) is 0 Å². The van der Waals surface area contributed by atoms with E-state index >= 15 is 0 Å². The number of esters is 1. The number of para-hydroxylation sites is 1. The van der Waals surface area contributed by atoms with Crippen LogP contribution < -0.4 is 9.47 Å². The third-order valence-corrected chi connectivity index (χ3v) is 5.43. The zero-order valence-electron chi connectivity index (χ0n) is 17.8. The number of nitro groups is 1. The molecule has 10 nitrogen and oxygen atoms in total. The third kappa shape index (κ3) is 5.69. The zero-order chi connectivity index (χ0) is 24.0. The molecule has 1 saturated heterocycles. The Morgan fingerprint density at radius 1 is 1.18 bits per heavy atom. The largest absolute Gasteiger partial charge is 0.493 e. The highest BCUT2D eigenvalue weighted by Crippen LogP contribution is 2.35. The molecule has 172 valence electrons. The monoisotopic (exact) mass is 472 g/mol. The van der Waals surface area contributed by atoms with Gasteiger partial charge in [-0.2, -0.15) is 0 Å².